The van der Waals surface area contributed by atoms with Crippen molar-refractivity contribution in [1.29, 1.82) is 0 Å². The number of fused-ring (bicyclic) bond motifs is 1. The van der Waals surface area contributed by atoms with Crippen LogP contribution < -0.4 is 0 Å². The molecule has 7 aromatic carbocycles. The molecule has 1 N–H and O–H groups in total. The van der Waals surface area contributed by atoms with Gasteiger partial charge in [-0.25, -0.2) is 0 Å². The van der Waals surface area contributed by atoms with E-state index in [4.69, 9.17) is 42.6 Å². The summed E-state index contributed by atoms with van der Waals surface area (Å²) >= 11 is 0. The Hall–Kier alpha value is -5.86. The highest BCUT2D eigenvalue weighted by Crippen LogP contribution is 2.57. The Labute approximate surface area is 429 Å². The monoisotopic (exact) mass is 982 g/mol. The second kappa shape index (κ2) is 24.9. The Kier molecular flexibility index (Phi) is 17.3. The number of ether oxygens (including phenoxy) is 9. The van der Waals surface area contributed by atoms with Gasteiger partial charge in [-0.2, -0.15) is 0 Å². The molecule has 0 bridgehead atoms. The first-order chi connectivity index (χ1) is 36.0. The summed E-state index contributed by atoms with van der Waals surface area (Å²) in [5, 5.41) is 13.1. The third-order valence-electron chi connectivity index (χ3n) is 14.5. The van der Waals surface area contributed by atoms with Crippen molar-refractivity contribution in [2.24, 2.45) is 11.8 Å². The highest BCUT2D eigenvalue weighted by atomic mass is 16.7. The van der Waals surface area contributed by atoms with Crippen LogP contribution in [-0.2, 0) is 88.9 Å². The average Bonchev–Trinajstić information content (AvgIpc) is 3.63. The number of hydrogen-bond acceptors (Lipinski definition) is 10. The maximum atomic E-state index is 13.1. The molecule has 7 aromatic rings. The lowest BCUT2D eigenvalue weighted by atomic mass is 9.79. The van der Waals surface area contributed by atoms with Gasteiger partial charge in [0.25, 0.3) is 0 Å². The minimum absolute atomic E-state index is 0.211. The van der Waals surface area contributed by atoms with Gasteiger partial charge in [-0.05, 0) is 45.9 Å². The molecule has 12 unspecified atom stereocenters. The van der Waals surface area contributed by atoms with E-state index in [1.165, 1.54) is 0 Å². The van der Waals surface area contributed by atoms with Gasteiger partial charge < -0.3 is 47.7 Å². The van der Waals surface area contributed by atoms with Crippen molar-refractivity contribution < 1.29 is 47.7 Å². The van der Waals surface area contributed by atoms with Crippen LogP contribution in [0.5, 0.6) is 0 Å². The van der Waals surface area contributed by atoms with E-state index in [9.17, 15) is 5.11 Å². The van der Waals surface area contributed by atoms with E-state index in [1.54, 1.807) is 0 Å². The molecule has 1 saturated heterocycles. The zero-order chi connectivity index (χ0) is 49.7. The fourth-order valence-corrected chi connectivity index (χ4v) is 10.6. The molecule has 2 aliphatic carbocycles. The Bertz CT molecular complexity index is 2670. The number of benzene rings is 7. The first-order valence-corrected chi connectivity index (χ1v) is 25.6. The number of hydrogen-bond donors (Lipinski definition) is 1. The van der Waals surface area contributed by atoms with Crippen LogP contribution in [0, 0.1) is 11.8 Å². The van der Waals surface area contributed by atoms with Gasteiger partial charge in [0.15, 0.2) is 6.29 Å². The number of aliphatic hydroxyl groups is 1. The van der Waals surface area contributed by atoms with Gasteiger partial charge in [0.2, 0.25) is 0 Å². The standard InChI is InChI=1S/C63H66O10/c1-63-52(44-65-37-45-23-9-2-10-24-45)55(66-38-46-25-11-3-12-26-46)56(67-39-47-27-13-4-14-28-47)53(63)62(73-63)72-58-54(64)57(68-40-48-29-15-5-16-30-48)59(69-41-49-31-17-6-18-32-49)61(71-43-51-35-21-8-22-36-51)60(58)70-42-50-33-19-7-20-34-50/h2-36,52-62,64H,37-44H2,1H3. The second-order valence-corrected chi connectivity index (χ2v) is 19.5. The molecule has 0 aromatic heterocycles. The molecule has 10 rings (SSSR count). The molecule has 3 fully saturated rings. The zero-order valence-corrected chi connectivity index (χ0v) is 41.3. The molecule has 3 aliphatic rings. The summed E-state index contributed by atoms with van der Waals surface area (Å²) in [6.45, 7) is 4.52. The van der Waals surface area contributed by atoms with Crippen LogP contribution in [0.15, 0.2) is 212 Å². The maximum absolute atomic E-state index is 13.1. The molecule has 12 atom stereocenters. The third-order valence-corrected chi connectivity index (χ3v) is 14.5. The number of aliphatic hydroxyl groups excluding tert-OH is 1. The molecule has 10 heteroatoms. The van der Waals surface area contributed by atoms with Gasteiger partial charge in [0.05, 0.1) is 76.6 Å². The van der Waals surface area contributed by atoms with Crippen LogP contribution in [0.4, 0.5) is 0 Å². The third kappa shape index (κ3) is 12.6. The maximum Gasteiger partial charge on any atom is 0.167 e. The zero-order valence-electron chi connectivity index (χ0n) is 41.3. The molecular weight excluding hydrogens is 917 g/mol. The molecule has 2 saturated carbocycles. The van der Waals surface area contributed by atoms with Crippen LogP contribution in [0.2, 0.25) is 0 Å². The fraction of sp³-hybridized carbons (Fsp3) is 0.333. The van der Waals surface area contributed by atoms with Gasteiger partial charge in [-0.1, -0.05) is 212 Å². The molecule has 1 heterocycles. The summed E-state index contributed by atoms with van der Waals surface area (Å²) < 4.78 is 62.9. The second-order valence-electron chi connectivity index (χ2n) is 19.5. The lowest BCUT2D eigenvalue weighted by Crippen LogP contribution is -2.70. The van der Waals surface area contributed by atoms with Crippen LogP contribution in [0.3, 0.4) is 0 Å². The van der Waals surface area contributed by atoms with Crippen molar-refractivity contribution >= 4 is 0 Å². The van der Waals surface area contributed by atoms with Gasteiger partial charge >= 0.3 is 0 Å². The lowest BCUT2D eigenvalue weighted by Gasteiger charge is -2.55. The average molecular weight is 983 g/mol. The molecule has 1 aliphatic heterocycles. The normalized spacial score (nSPS) is 27.5. The van der Waals surface area contributed by atoms with Crippen molar-refractivity contribution in [1.82, 2.24) is 0 Å². The van der Waals surface area contributed by atoms with Crippen LogP contribution >= 0.6 is 0 Å². The highest BCUT2D eigenvalue weighted by Gasteiger charge is 2.71. The predicted octanol–water partition coefficient (Wildman–Crippen LogP) is 10.8. The quantitative estimate of drug-likeness (QED) is 0.0630. The summed E-state index contributed by atoms with van der Waals surface area (Å²) in [5.41, 5.74) is 6.18. The number of rotatable bonds is 24. The Balaban J connectivity index is 1.01. The summed E-state index contributed by atoms with van der Waals surface area (Å²) in [7, 11) is 0. The van der Waals surface area contributed by atoms with E-state index >= 15 is 0 Å². The molecule has 378 valence electrons. The topological polar surface area (TPSA) is 103 Å². The first kappa shape index (κ1) is 50.7. The van der Waals surface area contributed by atoms with Crippen molar-refractivity contribution in [2.75, 3.05) is 6.61 Å². The minimum atomic E-state index is -1.27. The van der Waals surface area contributed by atoms with Gasteiger partial charge in [-0.15, -0.1) is 0 Å². The van der Waals surface area contributed by atoms with Crippen LogP contribution in [0.25, 0.3) is 0 Å². The smallest absolute Gasteiger partial charge is 0.167 e. The highest BCUT2D eigenvalue weighted by molar-refractivity contribution is 5.22. The van der Waals surface area contributed by atoms with Gasteiger partial charge in [0.1, 0.15) is 36.6 Å². The van der Waals surface area contributed by atoms with Crippen LogP contribution in [-0.4, -0.2) is 72.4 Å². The van der Waals surface area contributed by atoms with Crippen LogP contribution in [0.1, 0.15) is 45.9 Å². The Morgan fingerprint density at radius 3 is 1.01 bits per heavy atom. The first-order valence-electron chi connectivity index (χ1n) is 25.6. The molecule has 0 spiro atoms. The van der Waals surface area contributed by atoms with Crippen molar-refractivity contribution in [3.63, 3.8) is 0 Å². The summed E-state index contributed by atoms with van der Waals surface area (Å²) in [4.78, 5) is 0. The lowest BCUT2D eigenvalue weighted by molar-refractivity contribution is -0.395. The van der Waals surface area contributed by atoms with E-state index in [2.05, 4.69) is 43.3 Å². The molecule has 10 nitrogen and oxygen atoms in total. The SMILES string of the molecule is CC12OC(OC3C(O)C(OCc4ccccc4)C(OCc4ccccc4)C(OCc4ccccc4)C3OCc3ccccc3)C1C(OCc1ccccc1)C(OCc1ccccc1)C2COCc1ccccc1. The van der Waals surface area contributed by atoms with Crippen molar-refractivity contribution in [3.05, 3.63) is 251 Å². The van der Waals surface area contributed by atoms with Crippen molar-refractivity contribution in [2.45, 2.75) is 114 Å². The molecular formula is C63H66O10. The summed E-state index contributed by atoms with van der Waals surface area (Å²) in [6, 6.07) is 70.5. The minimum Gasteiger partial charge on any atom is -0.387 e. The van der Waals surface area contributed by atoms with E-state index < -0.39 is 60.7 Å². The van der Waals surface area contributed by atoms with Gasteiger partial charge in [-0.3, -0.25) is 0 Å². The Morgan fingerprint density at radius 1 is 0.356 bits per heavy atom. The predicted molar refractivity (Wildman–Crippen MR) is 277 cm³/mol. The largest absolute Gasteiger partial charge is 0.387 e. The Morgan fingerprint density at radius 2 is 0.644 bits per heavy atom. The molecule has 0 amide bonds. The van der Waals surface area contributed by atoms with E-state index in [-0.39, 0.29) is 38.3 Å². The van der Waals surface area contributed by atoms with Crippen molar-refractivity contribution in [3.8, 4) is 0 Å². The molecule has 73 heavy (non-hydrogen) atoms. The summed E-state index contributed by atoms with van der Waals surface area (Å²) in [5.74, 6) is -0.615. The van der Waals surface area contributed by atoms with E-state index in [0.29, 0.717) is 26.4 Å². The fourth-order valence-electron chi connectivity index (χ4n) is 10.6. The van der Waals surface area contributed by atoms with E-state index in [0.717, 1.165) is 38.9 Å². The van der Waals surface area contributed by atoms with E-state index in [1.807, 2.05) is 176 Å². The summed E-state index contributed by atoms with van der Waals surface area (Å²) in [6.07, 6.45) is -7.49. The molecule has 0 radical (unpaired) electrons. The van der Waals surface area contributed by atoms with Gasteiger partial charge in [0, 0.05) is 5.92 Å².